The van der Waals surface area contributed by atoms with Gasteiger partial charge in [0.25, 0.3) is 0 Å². The summed E-state index contributed by atoms with van der Waals surface area (Å²) in [5.74, 6) is 0. The van der Waals surface area contributed by atoms with E-state index in [4.69, 9.17) is 5.26 Å². The first kappa shape index (κ1) is 7.62. The van der Waals surface area contributed by atoms with Crippen molar-refractivity contribution in [3.8, 4) is 17.3 Å². The quantitative estimate of drug-likeness (QED) is 0.685. The monoisotopic (exact) mass is 172 g/mol. The van der Waals surface area contributed by atoms with Gasteiger partial charge < -0.3 is 4.98 Å². The van der Waals surface area contributed by atoms with Crippen LogP contribution in [0.2, 0.25) is 0 Å². The maximum Gasteiger partial charge on any atom is 0.118 e. The minimum atomic E-state index is 0.559. The van der Waals surface area contributed by atoms with Gasteiger partial charge in [-0.15, -0.1) is 0 Å². The standard InChI is InChI=1S/C9H8N4/c1-6-4-12-13-9(6)7-2-8(3-10)11-5-7/h2,4-5,11H,1H3,(H,12,13). The highest BCUT2D eigenvalue weighted by atomic mass is 15.1. The average molecular weight is 172 g/mol. The minimum absolute atomic E-state index is 0.559. The van der Waals surface area contributed by atoms with Crippen LogP contribution in [0.3, 0.4) is 0 Å². The Morgan fingerprint density at radius 2 is 2.38 bits per heavy atom. The van der Waals surface area contributed by atoms with Crippen molar-refractivity contribution in [1.82, 2.24) is 15.2 Å². The van der Waals surface area contributed by atoms with E-state index in [1.807, 2.05) is 13.0 Å². The lowest BCUT2D eigenvalue weighted by atomic mass is 10.2. The number of aromatic nitrogens is 3. The number of aryl methyl sites for hydroxylation is 1. The Morgan fingerprint density at radius 1 is 1.54 bits per heavy atom. The molecule has 13 heavy (non-hydrogen) atoms. The second-order valence-corrected chi connectivity index (χ2v) is 2.84. The second kappa shape index (κ2) is 2.79. The van der Waals surface area contributed by atoms with Crippen LogP contribution in [0.15, 0.2) is 18.5 Å². The molecule has 0 amide bonds. The van der Waals surface area contributed by atoms with Gasteiger partial charge in [0.2, 0.25) is 0 Å². The molecule has 2 aromatic rings. The van der Waals surface area contributed by atoms with E-state index >= 15 is 0 Å². The first-order chi connectivity index (χ1) is 6.31. The Balaban J connectivity index is 2.48. The number of nitrogens with zero attached hydrogens (tertiary/aromatic N) is 2. The molecule has 2 rings (SSSR count). The van der Waals surface area contributed by atoms with Crippen molar-refractivity contribution in [3.63, 3.8) is 0 Å². The topological polar surface area (TPSA) is 68.3 Å². The molecule has 2 aromatic heterocycles. The van der Waals surface area contributed by atoms with E-state index in [9.17, 15) is 0 Å². The van der Waals surface area contributed by atoms with Crippen molar-refractivity contribution in [2.24, 2.45) is 0 Å². The van der Waals surface area contributed by atoms with Crippen molar-refractivity contribution in [3.05, 3.63) is 29.7 Å². The molecule has 0 aliphatic heterocycles. The molecule has 0 aliphatic carbocycles. The maximum absolute atomic E-state index is 8.61. The third-order valence-electron chi connectivity index (χ3n) is 1.92. The third-order valence-corrected chi connectivity index (χ3v) is 1.92. The van der Waals surface area contributed by atoms with E-state index in [2.05, 4.69) is 15.2 Å². The number of nitriles is 1. The Morgan fingerprint density at radius 3 is 2.92 bits per heavy atom. The molecule has 0 saturated heterocycles. The normalized spacial score (nSPS) is 9.85. The lowest BCUT2D eigenvalue weighted by Crippen LogP contribution is -1.76. The van der Waals surface area contributed by atoms with Gasteiger partial charge in [-0.25, -0.2) is 0 Å². The van der Waals surface area contributed by atoms with Crippen LogP contribution in [0.5, 0.6) is 0 Å². The highest BCUT2D eigenvalue weighted by Gasteiger charge is 2.05. The number of nitrogens with one attached hydrogen (secondary N) is 2. The molecule has 0 bridgehead atoms. The molecule has 0 saturated carbocycles. The fraction of sp³-hybridized carbons (Fsp3) is 0.111. The zero-order valence-corrected chi connectivity index (χ0v) is 7.13. The Hall–Kier alpha value is -2.02. The van der Waals surface area contributed by atoms with E-state index < -0.39 is 0 Å². The van der Waals surface area contributed by atoms with Gasteiger partial charge in [0.15, 0.2) is 0 Å². The molecule has 0 aromatic carbocycles. The van der Waals surface area contributed by atoms with E-state index in [1.54, 1.807) is 18.5 Å². The van der Waals surface area contributed by atoms with Crippen molar-refractivity contribution in [1.29, 1.82) is 5.26 Å². The number of aromatic amines is 2. The summed E-state index contributed by atoms with van der Waals surface area (Å²) >= 11 is 0. The van der Waals surface area contributed by atoms with Gasteiger partial charge in [0.05, 0.1) is 11.9 Å². The third kappa shape index (κ3) is 1.20. The van der Waals surface area contributed by atoms with Crippen LogP contribution in [-0.2, 0) is 0 Å². The van der Waals surface area contributed by atoms with Crippen LogP contribution in [-0.4, -0.2) is 15.2 Å². The molecular formula is C9H8N4. The predicted octanol–water partition coefficient (Wildman–Crippen LogP) is 1.58. The van der Waals surface area contributed by atoms with Crippen molar-refractivity contribution >= 4 is 0 Å². The van der Waals surface area contributed by atoms with Crippen molar-refractivity contribution < 1.29 is 0 Å². The molecule has 0 radical (unpaired) electrons. The van der Waals surface area contributed by atoms with Crippen LogP contribution in [0.25, 0.3) is 11.3 Å². The summed E-state index contributed by atoms with van der Waals surface area (Å²) in [7, 11) is 0. The molecule has 4 heteroatoms. The Bertz CT molecular complexity index is 458. The van der Waals surface area contributed by atoms with Gasteiger partial charge in [0, 0.05) is 11.8 Å². The van der Waals surface area contributed by atoms with Gasteiger partial charge >= 0.3 is 0 Å². The zero-order valence-electron chi connectivity index (χ0n) is 7.13. The average Bonchev–Trinajstić information content (AvgIpc) is 2.71. The van der Waals surface area contributed by atoms with E-state index in [-0.39, 0.29) is 0 Å². The second-order valence-electron chi connectivity index (χ2n) is 2.84. The molecule has 2 heterocycles. The number of hydrogen-bond acceptors (Lipinski definition) is 2. The van der Waals surface area contributed by atoms with Gasteiger partial charge in [0.1, 0.15) is 11.8 Å². The lowest BCUT2D eigenvalue weighted by Gasteiger charge is -1.91. The van der Waals surface area contributed by atoms with Gasteiger partial charge in [-0.3, -0.25) is 5.10 Å². The van der Waals surface area contributed by atoms with E-state index in [0.717, 1.165) is 16.8 Å². The summed E-state index contributed by atoms with van der Waals surface area (Å²) < 4.78 is 0. The fourth-order valence-corrected chi connectivity index (χ4v) is 1.24. The summed E-state index contributed by atoms with van der Waals surface area (Å²) in [5, 5.41) is 15.4. The first-order valence-electron chi connectivity index (χ1n) is 3.90. The minimum Gasteiger partial charge on any atom is -0.352 e. The lowest BCUT2D eigenvalue weighted by molar-refractivity contribution is 1.10. The Labute approximate surface area is 75.2 Å². The summed E-state index contributed by atoms with van der Waals surface area (Å²) in [6, 6.07) is 3.83. The fourth-order valence-electron chi connectivity index (χ4n) is 1.24. The largest absolute Gasteiger partial charge is 0.352 e. The highest BCUT2D eigenvalue weighted by molar-refractivity contribution is 5.63. The van der Waals surface area contributed by atoms with E-state index in [0.29, 0.717) is 5.69 Å². The van der Waals surface area contributed by atoms with Crippen LogP contribution < -0.4 is 0 Å². The van der Waals surface area contributed by atoms with Gasteiger partial charge in [-0.1, -0.05) is 0 Å². The predicted molar refractivity (Wildman–Crippen MR) is 47.8 cm³/mol. The summed E-state index contributed by atoms with van der Waals surface area (Å²) in [4.78, 5) is 2.86. The molecule has 4 nitrogen and oxygen atoms in total. The summed E-state index contributed by atoms with van der Waals surface area (Å²) in [5.41, 5.74) is 3.55. The molecule has 64 valence electrons. The van der Waals surface area contributed by atoms with Gasteiger partial charge in [-0.2, -0.15) is 10.4 Å². The van der Waals surface area contributed by atoms with Crippen molar-refractivity contribution in [2.45, 2.75) is 6.92 Å². The molecule has 0 unspecified atom stereocenters. The Kier molecular flexibility index (Phi) is 1.64. The summed E-state index contributed by atoms with van der Waals surface area (Å²) in [6.07, 6.45) is 3.55. The molecular weight excluding hydrogens is 164 g/mol. The van der Waals surface area contributed by atoms with Crippen LogP contribution in [0.1, 0.15) is 11.3 Å². The van der Waals surface area contributed by atoms with E-state index in [1.165, 1.54) is 0 Å². The van der Waals surface area contributed by atoms with Crippen LogP contribution >= 0.6 is 0 Å². The van der Waals surface area contributed by atoms with Gasteiger partial charge in [-0.05, 0) is 18.6 Å². The van der Waals surface area contributed by atoms with Crippen molar-refractivity contribution in [2.75, 3.05) is 0 Å². The smallest absolute Gasteiger partial charge is 0.118 e. The zero-order chi connectivity index (χ0) is 9.26. The molecule has 2 N–H and O–H groups in total. The molecule has 0 atom stereocenters. The number of rotatable bonds is 1. The van der Waals surface area contributed by atoms with Crippen LogP contribution in [0.4, 0.5) is 0 Å². The molecule has 0 fully saturated rings. The molecule has 0 aliphatic rings. The summed E-state index contributed by atoms with van der Waals surface area (Å²) in [6.45, 7) is 1.97. The highest BCUT2D eigenvalue weighted by Crippen LogP contribution is 2.20. The number of H-pyrrole nitrogens is 2. The molecule has 0 spiro atoms. The maximum atomic E-state index is 8.61. The SMILES string of the molecule is Cc1cn[nH]c1-c1c[nH]c(C#N)c1. The number of hydrogen-bond donors (Lipinski definition) is 2. The first-order valence-corrected chi connectivity index (χ1v) is 3.90. The van der Waals surface area contributed by atoms with Crippen LogP contribution in [0, 0.1) is 18.3 Å².